The molecule has 1 aliphatic heterocycles. The number of nitrogens with one attached hydrogen (secondary N) is 1. The topological polar surface area (TPSA) is 67.9 Å². The zero-order valence-electron chi connectivity index (χ0n) is 14.7. The molecule has 1 fully saturated rings. The van der Waals surface area contributed by atoms with E-state index < -0.39 is 6.04 Å². The predicted octanol–water partition coefficient (Wildman–Crippen LogP) is 2.03. The highest BCUT2D eigenvalue weighted by Gasteiger charge is 2.28. The van der Waals surface area contributed by atoms with E-state index >= 15 is 0 Å². The van der Waals surface area contributed by atoms with E-state index in [0.717, 1.165) is 5.56 Å². The number of ether oxygens (including phenoxy) is 2. The van der Waals surface area contributed by atoms with Gasteiger partial charge in [0, 0.05) is 18.7 Å². The molecule has 1 aliphatic rings. The minimum absolute atomic E-state index is 0.129. The molecule has 136 valence electrons. The molecule has 0 saturated carbocycles. The molecule has 3 rings (SSSR count). The monoisotopic (exact) mass is 354 g/mol. The van der Waals surface area contributed by atoms with Crippen molar-refractivity contribution in [3.8, 4) is 5.75 Å². The van der Waals surface area contributed by atoms with Gasteiger partial charge in [-0.05, 0) is 23.8 Å². The summed E-state index contributed by atoms with van der Waals surface area (Å²) in [5.41, 5.74) is 1.19. The molecule has 6 nitrogen and oxygen atoms in total. The van der Waals surface area contributed by atoms with Crippen LogP contribution in [0, 0.1) is 0 Å². The predicted molar refractivity (Wildman–Crippen MR) is 97.0 cm³/mol. The molecular formula is C20H22N2O4. The van der Waals surface area contributed by atoms with Crippen molar-refractivity contribution >= 4 is 11.8 Å². The minimum Gasteiger partial charge on any atom is -0.497 e. The Bertz CT molecular complexity index is 757. The summed E-state index contributed by atoms with van der Waals surface area (Å²) >= 11 is 0. The van der Waals surface area contributed by atoms with Crippen LogP contribution in [-0.2, 0) is 9.53 Å². The van der Waals surface area contributed by atoms with Gasteiger partial charge in [0.05, 0.1) is 20.3 Å². The molecule has 0 radical (unpaired) electrons. The second-order valence-electron chi connectivity index (χ2n) is 5.99. The first-order valence-electron chi connectivity index (χ1n) is 8.55. The highest BCUT2D eigenvalue weighted by Crippen LogP contribution is 2.19. The van der Waals surface area contributed by atoms with Crippen molar-refractivity contribution in [2.45, 2.75) is 6.04 Å². The van der Waals surface area contributed by atoms with E-state index in [1.165, 1.54) is 0 Å². The highest BCUT2D eigenvalue weighted by atomic mass is 16.5. The van der Waals surface area contributed by atoms with Gasteiger partial charge in [0.25, 0.3) is 5.91 Å². The van der Waals surface area contributed by atoms with Crippen LogP contribution in [0.25, 0.3) is 0 Å². The third-order valence-corrected chi connectivity index (χ3v) is 4.31. The smallest absolute Gasteiger partial charge is 0.252 e. The average Bonchev–Trinajstić information content (AvgIpc) is 2.72. The van der Waals surface area contributed by atoms with Crippen LogP contribution < -0.4 is 10.1 Å². The summed E-state index contributed by atoms with van der Waals surface area (Å²) in [7, 11) is 1.55. The number of carbonyl (C=O) groups is 2. The van der Waals surface area contributed by atoms with E-state index in [1.54, 1.807) is 36.3 Å². The number of carbonyl (C=O) groups excluding carboxylic acids is 2. The summed E-state index contributed by atoms with van der Waals surface area (Å²) in [6.07, 6.45) is 0. The number of hydrogen-bond acceptors (Lipinski definition) is 4. The van der Waals surface area contributed by atoms with Gasteiger partial charge in [-0.2, -0.15) is 0 Å². The molecule has 1 heterocycles. The summed E-state index contributed by atoms with van der Waals surface area (Å²) in [6.45, 7) is 2.07. The van der Waals surface area contributed by atoms with Crippen LogP contribution in [0.1, 0.15) is 22.0 Å². The zero-order valence-corrected chi connectivity index (χ0v) is 14.7. The maximum Gasteiger partial charge on any atom is 0.252 e. The average molecular weight is 354 g/mol. The Labute approximate surface area is 152 Å². The van der Waals surface area contributed by atoms with E-state index in [-0.39, 0.29) is 11.8 Å². The molecule has 2 aromatic rings. The number of nitrogens with zero attached hydrogens (tertiary/aromatic N) is 1. The number of morpholine rings is 1. The van der Waals surface area contributed by atoms with Crippen LogP contribution in [0.5, 0.6) is 5.75 Å². The van der Waals surface area contributed by atoms with Crippen molar-refractivity contribution in [2.75, 3.05) is 33.4 Å². The van der Waals surface area contributed by atoms with Gasteiger partial charge in [0.15, 0.2) is 0 Å². The van der Waals surface area contributed by atoms with Crippen LogP contribution in [-0.4, -0.2) is 50.1 Å². The van der Waals surface area contributed by atoms with Crippen LogP contribution in [0.15, 0.2) is 54.6 Å². The van der Waals surface area contributed by atoms with E-state index in [4.69, 9.17) is 9.47 Å². The third kappa shape index (κ3) is 4.21. The second-order valence-corrected chi connectivity index (χ2v) is 5.99. The third-order valence-electron chi connectivity index (χ3n) is 4.31. The normalized spacial score (nSPS) is 15.2. The van der Waals surface area contributed by atoms with Gasteiger partial charge in [-0.15, -0.1) is 0 Å². The maximum absolute atomic E-state index is 13.0. The van der Waals surface area contributed by atoms with Crippen molar-refractivity contribution in [3.05, 3.63) is 65.7 Å². The van der Waals surface area contributed by atoms with Crippen molar-refractivity contribution in [3.63, 3.8) is 0 Å². The first kappa shape index (κ1) is 17.9. The fourth-order valence-electron chi connectivity index (χ4n) is 2.88. The molecule has 0 spiro atoms. The second kappa shape index (κ2) is 8.49. The highest BCUT2D eigenvalue weighted by molar-refractivity contribution is 5.98. The molecule has 1 saturated heterocycles. The van der Waals surface area contributed by atoms with Gasteiger partial charge in [0.2, 0.25) is 5.91 Å². The molecule has 0 bridgehead atoms. The first-order chi connectivity index (χ1) is 12.7. The molecule has 0 aliphatic carbocycles. The number of benzene rings is 2. The lowest BCUT2D eigenvalue weighted by Crippen LogP contribution is -2.47. The molecule has 1 N–H and O–H groups in total. The van der Waals surface area contributed by atoms with E-state index in [1.807, 2.05) is 30.3 Å². The Morgan fingerprint density at radius 3 is 2.50 bits per heavy atom. The molecular weight excluding hydrogens is 332 g/mol. The van der Waals surface area contributed by atoms with Crippen LogP contribution in [0.2, 0.25) is 0 Å². The molecule has 26 heavy (non-hydrogen) atoms. The lowest BCUT2D eigenvalue weighted by molar-refractivity contribution is -0.137. The summed E-state index contributed by atoms with van der Waals surface area (Å²) in [5, 5.41) is 2.87. The summed E-state index contributed by atoms with van der Waals surface area (Å²) in [5.74, 6) is 0.142. The largest absolute Gasteiger partial charge is 0.497 e. The van der Waals surface area contributed by atoms with Gasteiger partial charge in [-0.1, -0.05) is 36.4 Å². The van der Waals surface area contributed by atoms with Crippen LogP contribution in [0.3, 0.4) is 0 Å². The molecule has 0 unspecified atom stereocenters. The van der Waals surface area contributed by atoms with Crippen molar-refractivity contribution in [1.29, 1.82) is 0 Å². The molecule has 6 heteroatoms. The van der Waals surface area contributed by atoms with Crippen molar-refractivity contribution < 1.29 is 19.1 Å². The lowest BCUT2D eigenvalue weighted by atomic mass is 10.0. The summed E-state index contributed by atoms with van der Waals surface area (Å²) in [4.78, 5) is 27.5. The Kier molecular flexibility index (Phi) is 5.86. The summed E-state index contributed by atoms with van der Waals surface area (Å²) < 4.78 is 10.5. The standard InChI is InChI=1S/C20H22N2O4/c1-25-17-9-5-8-16(14-17)19(23)21-18(15-6-3-2-4-7-15)20(24)22-10-12-26-13-11-22/h2-9,14,18H,10-13H2,1H3,(H,21,23)/t18-/m0/s1. The van der Waals surface area contributed by atoms with Gasteiger partial charge in [-0.3, -0.25) is 9.59 Å². The Hall–Kier alpha value is -2.86. The summed E-state index contributed by atoms with van der Waals surface area (Å²) in [6, 6.07) is 15.4. The molecule has 0 aromatic heterocycles. The quantitative estimate of drug-likeness (QED) is 0.892. The lowest BCUT2D eigenvalue weighted by Gasteiger charge is -2.31. The van der Waals surface area contributed by atoms with Gasteiger partial charge in [0.1, 0.15) is 11.8 Å². The number of hydrogen-bond donors (Lipinski definition) is 1. The van der Waals surface area contributed by atoms with Gasteiger partial charge >= 0.3 is 0 Å². The van der Waals surface area contributed by atoms with Crippen molar-refractivity contribution in [1.82, 2.24) is 10.2 Å². The molecule has 2 aromatic carbocycles. The van der Waals surface area contributed by atoms with Crippen LogP contribution in [0.4, 0.5) is 0 Å². The van der Waals surface area contributed by atoms with Gasteiger partial charge < -0.3 is 19.7 Å². The fourth-order valence-corrected chi connectivity index (χ4v) is 2.88. The van der Waals surface area contributed by atoms with E-state index in [9.17, 15) is 9.59 Å². The van der Waals surface area contributed by atoms with Gasteiger partial charge in [-0.25, -0.2) is 0 Å². The molecule has 2 amide bonds. The minimum atomic E-state index is -0.743. The zero-order chi connectivity index (χ0) is 18.4. The number of amides is 2. The Morgan fingerprint density at radius 2 is 1.81 bits per heavy atom. The van der Waals surface area contributed by atoms with E-state index in [0.29, 0.717) is 37.6 Å². The molecule has 1 atom stereocenters. The number of rotatable bonds is 5. The number of methoxy groups -OCH3 is 1. The van der Waals surface area contributed by atoms with Crippen LogP contribution >= 0.6 is 0 Å². The SMILES string of the molecule is COc1cccc(C(=O)N[C@H](C(=O)N2CCOCC2)c2ccccc2)c1. The Balaban J connectivity index is 1.83. The van der Waals surface area contributed by atoms with Crippen molar-refractivity contribution in [2.24, 2.45) is 0 Å². The Morgan fingerprint density at radius 1 is 1.08 bits per heavy atom. The maximum atomic E-state index is 13.0. The van der Waals surface area contributed by atoms with E-state index in [2.05, 4.69) is 5.32 Å². The first-order valence-corrected chi connectivity index (χ1v) is 8.55. The fraction of sp³-hybridized carbons (Fsp3) is 0.300.